The molecule has 9 heteroatoms. The predicted molar refractivity (Wildman–Crippen MR) is 161 cm³/mol. The zero-order valence-electron chi connectivity index (χ0n) is 23.8. The molecule has 1 saturated heterocycles. The van der Waals surface area contributed by atoms with Crippen molar-refractivity contribution < 1.29 is 28.7 Å². The monoisotopic (exact) mass is 619 g/mol. The van der Waals surface area contributed by atoms with Gasteiger partial charge >= 0.3 is 5.97 Å². The van der Waals surface area contributed by atoms with Crippen molar-refractivity contribution in [3.05, 3.63) is 101 Å². The lowest BCUT2D eigenvalue weighted by Gasteiger charge is -2.54. The van der Waals surface area contributed by atoms with E-state index in [1.807, 2.05) is 48.5 Å². The topological polar surface area (TPSA) is 90.0 Å². The van der Waals surface area contributed by atoms with Crippen LogP contribution in [0.2, 0.25) is 0 Å². The summed E-state index contributed by atoms with van der Waals surface area (Å²) in [6.45, 7) is 1.75. The largest absolute Gasteiger partial charge is 0.497 e. The lowest BCUT2D eigenvalue weighted by molar-refractivity contribution is -0.146. The van der Waals surface area contributed by atoms with Gasteiger partial charge in [0.2, 0.25) is 17.6 Å². The minimum Gasteiger partial charge on any atom is -0.497 e. The van der Waals surface area contributed by atoms with Gasteiger partial charge in [-0.15, -0.1) is 23.2 Å². The highest BCUT2D eigenvalue weighted by atomic mass is 35.5. The van der Waals surface area contributed by atoms with Crippen LogP contribution in [0.25, 0.3) is 0 Å². The summed E-state index contributed by atoms with van der Waals surface area (Å²) in [5.74, 6) is -2.41. The van der Waals surface area contributed by atoms with Crippen LogP contribution in [0.1, 0.15) is 65.2 Å². The number of alkyl halides is 2. The smallest absolute Gasteiger partial charge is 0.306 e. The molecule has 0 spiro atoms. The van der Waals surface area contributed by atoms with Gasteiger partial charge in [0.15, 0.2) is 6.10 Å². The number of carbonyl (C=O) groups is 4. The Morgan fingerprint density at radius 3 is 1.74 bits per heavy atom. The van der Waals surface area contributed by atoms with E-state index in [0.29, 0.717) is 30.6 Å². The molecule has 0 N–H and O–H groups in total. The second-order valence-electron chi connectivity index (χ2n) is 11.3. The van der Waals surface area contributed by atoms with Crippen molar-refractivity contribution in [2.75, 3.05) is 13.7 Å². The second-order valence-corrected chi connectivity index (χ2v) is 12.5. The number of ketones is 1. The molecule has 3 atom stereocenters. The molecule has 2 amide bonds. The van der Waals surface area contributed by atoms with E-state index >= 15 is 0 Å². The van der Waals surface area contributed by atoms with Crippen LogP contribution in [0.4, 0.5) is 0 Å². The molecule has 0 saturated carbocycles. The fourth-order valence-corrected chi connectivity index (χ4v) is 8.06. The Labute approximate surface area is 260 Å². The molecule has 7 rings (SSSR count). The number of halogens is 2. The Morgan fingerprint density at radius 1 is 0.791 bits per heavy atom. The van der Waals surface area contributed by atoms with Gasteiger partial charge in [-0.1, -0.05) is 55.0 Å². The number of esters is 1. The van der Waals surface area contributed by atoms with Crippen LogP contribution < -0.4 is 4.74 Å². The molecule has 0 aromatic heterocycles. The average molecular weight is 621 g/mol. The molecular weight excluding hydrogens is 589 g/mol. The number of unbranched alkanes of at least 4 members (excludes halogenated alkanes) is 2. The Balaban J connectivity index is 1.07. The Kier molecular flexibility index (Phi) is 7.59. The number of nitrogens with zero attached hydrogens (tertiary/aromatic N) is 1. The molecule has 1 heterocycles. The highest BCUT2D eigenvalue weighted by Gasteiger charge is 2.72. The molecular formula is C34H31Cl2NO6. The van der Waals surface area contributed by atoms with Crippen molar-refractivity contribution in [2.24, 2.45) is 11.8 Å². The van der Waals surface area contributed by atoms with Crippen molar-refractivity contribution in [3.63, 3.8) is 0 Å². The summed E-state index contributed by atoms with van der Waals surface area (Å²) >= 11 is 14.9. The van der Waals surface area contributed by atoms with Gasteiger partial charge in [-0.2, -0.15) is 0 Å². The summed E-state index contributed by atoms with van der Waals surface area (Å²) in [7, 11) is 1.54. The highest BCUT2D eigenvalue weighted by Crippen LogP contribution is 2.69. The number of methoxy groups -OCH3 is 1. The quantitative estimate of drug-likeness (QED) is 0.0914. The molecule has 1 aliphatic heterocycles. The molecule has 3 aromatic carbocycles. The van der Waals surface area contributed by atoms with Crippen LogP contribution in [-0.2, 0) is 28.9 Å². The normalized spacial score (nSPS) is 25.5. The minimum absolute atomic E-state index is 0.119. The van der Waals surface area contributed by atoms with Crippen LogP contribution in [0.15, 0.2) is 72.8 Å². The number of benzene rings is 3. The first-order valence-corrected chi connectivity index (χ1v) is 15.2. The van der Waals surface area contributed by atoms with Crippen LogP contribution in [0, 0.1) is 11.8 Å². The van der Waals surface area contributed by atoms with Gasteiger partial charge in [0.1, 0.15) is 15.5 Å². The van der Waals surface area contributed by atoms with Gasteiger partial charge in [-0.3, -0.25) is 24.1 Å². The average Bonchev–Trinajstić information content (AvgIpc) is 3.29. The van der Waals surface area contributed by atoms with E-state index in [-0.39, 0.29) is 30.6 Å². The molecule has 0 radical (unpaired) electrons. The van der Waals surface area contributed by atoms with Crippen LogP contribution in [-0.4, -0.2) is 48.2 Å². The maximum Gasteiger partial charge on any atom is 0.306 e. The summed E-state index contributed by atoms with van der Waals surface area (Å²) < 4.78 is 10.5. The van der Waals surface area contributed by atoms with Gasteiger partial charge in [0.05, 0.1) is 18.9 Å². The molecule has 222 valence electrons. The number of likely N-dealkylation sites (tertiary alicyclic amines) is 1. The van der Waals surface area contributed by atoms with Crippen LogP contribution in [0.5, 0.6) is 5.75 Å². The predicted octanol–water partition coefficient (Wildman–Crippen LogP) is 5.96. The number of Topliss-reactive ketones (excluding diaryl/α,β-unsaturated/α-hetero) is 1. The lowest BCUT2D eigenvalue weighted by Crippen LogP contribution is -2.57. The van der Waals surface area contributed by atoms with E-state index in [1.54, 1.807) is 38.3 Å². The summed E-state index contributed by atoms with van der Waals surface area (Å²) in [5, 5.41) is 0. The van der Waals surface area contributed by atoms with Crippen LogP contribution >= 0.6 is 23.2 Å². The van der Waals surface area contributed by atoms with Crippen molar-refractivity contribution in [2.45, 2.75) is 48.5 Å². The molecule has 3 aromatic rings. The van der Waals surface area contributed by atoms with E-state index in [9.17, 15) is 19.2 Å². The summed E-state index contributed by atoms with van der Waals surface area (Å²) in [6.07, 6.45) is 0.781. The van der Waals surface area contributed by atoms with Gasteiger partial charge in [-0.05, 0) is 66.3 Å². The molecule has 3 aliphatic carbocycles. The fourth-order valence-electron chi connectivity index (χ4n) is 6.96. The van der Waals surface area contributed by atoms with Crippen molar-refractivity contribution in [1.29, 1.82) is 0 Å². The number of ether oxygens (including phenoxy) is 2. The molecule has 7 nitrogen and oxygen atoms in total. The maximum absolute atomic E-state index is 13.9. The SMILES string of the molecule is COc1ccc(C(=O)[C@H](C)OC(=O)CCCCCN2C(=O)[C@@H]3[C@@H](C2=O)C2(Cl)c4ccccc4C3(Cl)c3ccccc32)cc1. The third-order valence-electron chi connectivity index (χ3n) is 8.99. The highest BCUT2D eigenvalue weighted by molar-refractivity contribution is 6.36. The molecule has 0 unspecified atom stereocenters. The summed E-state index contributed by atoms with van der Waals surface area (Å²) in [5.41, 5.74) is 3.51. The van der Waals surface area contributed by atoms with Gasteiger partial charge in [0.25, 0.3) is 0 Å². The number of hydrogen-bond acceptors (Lipinski definition) is 6. The first-order valence-electron chi connectivity index (χ1n) is 14.4. The van der Waals surface area contributed by atoms with Gasteiger partial charge in [-0.25, -0.2) is 0 Å². The molecule has 2 bridgehead atoms. The Hall–Kier alpha value is -3.68. The van der Waals surface area contributed by atoms with Gasteiger partial charge < -0.3 is 9.47 Å². The first-order chi connectivity index (χ1) is 20.6. The van der Waals surface area contributed by atoms with Crippen molar-refractivity contribution >= 4 is 46.8 Å². The van der Waals surface area contributed by atoms with E-state index in [4.69, 9.17) is 32.7 Å². The minimum atomic E-state index is -1.19. The third kappa shape index (κ3) is 4.47. The molecule has 4 aliphatic rings. The number of amides is 2. The summed E-state index contributed by atoms with van der Waals surface area (Å²) in [6, 6.07) is 21.7. The lowest BCUT2D eigenvalue weighted by atomic mass is 9.54. The molecule has 43 heavy (non-hydrogen) atoms. The summed E-state index contributed by atoms with van der Waals surface area (Å²) in [4.78, 5) is 51.7. The van der Waals surface area contributed by atoms with Gasteiger partial charge in [0, 0.05) is 18.5 Å². The second kappa shape index (κ2) is 11.1. The van der Waals surface area contributed by atoms with E-state index < -0.39 is 33.7 Å². The van der Waals surface area contributed by atoms with Crippen molar-refractivity contribution in [1.82, 2.24) is 4.90 Å². The zero-order valence-corrected chi connectivity index (χ0v) is 25.4. The number of carbonyl (C=O) groups excluding carboxylic acids is 4. The van der Waals surface area contributed by atoms with E-state index in [2.05, 4.69) is 0 Å². The molecule has 1 fully saturated rings. The van der Waals surface area contributed by atoms with E-state index in [0.717, 1.165) is 22.3 Å². The standard InChI is InChI=1S/C34H31Cl2NO6/c1-20(30(39)21-15-17-22(42-2)18-16-21)43-27(38)14-4-3-9-19-37-31(40)28-29(32(37)41)34(36)24-11-6-5-10-23(24)33(28,35)25-12-7-8-13-26(25)34/h5-8,10-13,15-18,20,28-29H,3-4,9,14,19H2,1-2H3/t20-,28-,29-,33?,34?/m0/s1. The Morgan fingerprint density at radius 2 is 1.28 bits per heavy atom. The Bertz CT molecular complexity index is 1500. The number of imide groups is 1. The van der Waals surface area contributed by atoms with Crippen molar-refractivity contribution in [3.8, 4) is 5.75 Å². The zero-order chi connectivity index (χ0) is 30.5. The first kappa shape index (κ1) is 29.4. The third-order valence-corrected chi connectivity index (χ3v) is 10.3. The van der Waals surface area contributed by atoms with Crippen LogP contribution in [0.3, 0.4) is 0 Å². The van der Waals surface area contributed by atoms with E-state index in [1.165, 1.54) is 4.90 Å². The maximum atomic E-state index is 13.9. The fraction of sp³-hybridized carbons (Fsp3) is 0.353. The number of rotatable bonds is 10. The number of hydrogen-bond donors (Lipinski definition) is 0.